The van der Waals surface area contributed by atoms with Gasteiger partial charge in [-0.1, -0.05) is 60.7 Å². The maximum atomic E-state index is 13.1. The molecule has 1 aromatic heterocycles. The lowest BCUT2D eigenvalue weighted by Crippen LogP contribution is -2.42. The van der Waals surface area contributed by atoms with Crippen LogP contribution in [0.2, 0.25) is 0 Å². The van der Waals surface area contributed by atoms with Crippen LogP contribution in [0.15, 0.2) is 79.3 Å². The van der Waals surface area contributed by atoms with Crippen LogP contribution in [0.1, 0.15) is 36.3 Å². The lowest BCUT2D eigenvalue weighted by atomic mass is 9.88. The zero-order valence-electron chi connectivity index (χ0n) is 16.4. The van der Waals surface area contributed by atoms with Gasteiger partial charge < -0.3 is 9.64 Å². The van der Waals surface area contributed by atoms with Gasteiger partial charge in [-0.05, 0) is 11.1 Å². The van der Waals surface area contributed by atoms with Crippen molar-refractivity contribution >= 4 is 5.91 Å². The molecule has 0 spiro atoms. The second kappa shape index (κ2) is 9.32. The van der Waals surface area contributed by atoms with Gasteiger partial charge in [0, 0.05) is 50.7 Å². The summed E-state index contributed by atoms with van der Waals surface area (Å²) < 4.78 is 5.89. The summed E-state index contributed by atoms with van der Waals surface area (Å²) in [4.78, 5) is 23.3. The average Bonchev–Trinajstić information content (AvgIpc) is 2.80. The molecular weight excluding hydrogens is 362 g/mol. The molecule has 0 atom stereocenters. The fraction of sp³-hybridized carbons (Fsp3) is 0.292. The van der Waals surface area contributed by atoms with Crippen molar-refractivity contribution in [2.24, 2.45) is 0 Å². The highest BCUT2D eigenvalue weighted by Gasteiger charge is 2.27. The van der Waals surface area contributed by atoms with E-state index in [1.54, 1.807) is 18.6 Å². The summed E-state index contributed by atoms with van der Waals surface area (Å²) >= 11 is 0. The van der Waals surface area contributed by atoms with E-state index in [-0.39, 0.29) is 17.9 Å². The molecule has 0 N–H and O–H groups in total. The fourth-order valence-electron chi connectivity index (χ4n) is 3.84. The SMILES string of the molecule is O=C(CC(c1ccccc1)c1ccccc1)N1CCC(Oc2cnccn2)CC1. The van der Waals surface area contributed by atoms with Crippen molar-refractivity contribution in [1.82, 2.24) is 14.9 Å². The predicted octanol–water partition coefficient (Wildman–Crippen LogP) is 4.07. The van der Waals surface area contributed by atoms with E-state index in [2.05, 4.69) is 34.2 Å². The summed E-state index contributed by atoms with van der Waals surface area (Å²) in [6, 6.07) is 20.6. The third-order valence-corrected chi connectivity index (χ3v) is 5.40. The number of carbonyl (C=O) groups is 1. The number of rotatable bonds is 6. The first-order valence-corrected chi connectivity index (χ1v) is 10.1. The van der Waals surface area contributed by atoms with Crippen molar-refractivity contribution < 1.29 is 9.53 Å². The van der Waals surface area contributed by atoms with Crippen molar-refractivity contribution in [2.75, 3.05) is 13.1 Å². The first-order chi connectivity index (χ1) is 14.3. The van der Waals surface area contributed by atoms with Crippen LogP contribution in [-0.4, -0.2) is 40.0 Å². The molecule has 1 amide bonds. The summed E-state index contributed by atoms with van der Waals surface area (Å²) in [6.45, 7) is 1.42. The Morgan fingerprint density at radius 2 is 1.59 bits per heavy atom. The smallest absolute Gasteiger partial charge is 0.232 e. The lowest BCUT2D eigenvalue weighted by molar-refractivity contribution is -0.133. The summed E-state index contributed by atoms with van der Waals surface area (Å²) in [7, 11) is 0. The number of nitrogens with zero attached hydrogens (tertiary/aromatic N) is 3. The van der Waals surface area contributed by atoms with Gasteiger partial charge in [-0.25, -0.2) is 4.98 Å². The van der Waals surface area contributed by atoms with Crippen LogP contribution in [-0.2, 0) is 4.79 Å². The first-order valence-electron chi connectivity index (χ1n) is 10.1. The van der Waals surface area contributed by atoms with Crippen LogP contribution < -0.4 is 4.74 Å². The van der Waals surface area contributed by atoms with Crippen molar-refractivity contribution in [1.29, 1.82) is 0 Å². The van der Waals surface area contributed by atoms with Gasteiger partial charge in [0.05, 0.1) is 6.20 Å². The number of hydrogen-bond donors (Lipinski definition) is 0. The molecule has 148 valence electrons. The van der Waals surface area contributed by atoms with Crippen LogP contribution in [0.3, 0.4) is 0 Å². The Bertz CT molecular complexity index is 856. The summed E-state index contributed by atoms with van der Waals surface area (Å²) in [5.41, 5.74) is 2.35. The van der Waals surface area contributed by atoms with Gasteiger partial charge in [0.15, 0.2) is 0 Å². The third kappa shape index (κ3) is 4.99. The van der Waals surface area contributed by atoms with E-state index in [4.69, 9.17) is 4.74 Å². The third-order valence-electron chi connectivity index (χ3n) is 5.40. The Morgan fingerprint density at radius 3 is 2.14 bits per heavy atom. The van der Waals surface area contributed by atoms with Crippen LogP contribution in [0, 0.1) is 0 Å². The van der Waals surface area contributed by atoms with E-state index >= 15 is 0 Å². The minimum Gasteiger partial charge on any atom is -0.473 e. The zero-order valence-corrected chi connectivity index (χ0v) is 16.4. The lowest BCUT2D eigenvalue weighted by Gasteiger charge is -2.33. The van der Waals surface area contributed by atoms with E-state index in [0.29, 0.717) is 25.4 Å². The molecule has 1 fully saturated rings. The number of carbonyl (C=O) groups excluding carboxylic acids is 1. The molecule has 0 radical (unpaired) electrons. The highest BCUT2D eigenvalue weighted by atomic mass is 16.5. The summed E-state index contributed by atoms with van der Waals surface area (Å²) in [6.07, 6.45) is 7.05. The highest BCUT2D eigenvalue weighted by Crippen LogP contribution is 2.29. The average molecular weight is 387 g/mol. The Labute approximate surface area is 171 Å². The van der Waals surface area contributed by atoms with Gasteiger partial charge in [0.1, 0.15) is 6.10 Å². The van der Waals surface area contributed by atoms with Gasteiger partial charge in [0.2, 0.25) is 11.8 Å². The number of hydrogen-bond acceptors (Lipinski definition) is 4. The zero-order chi connectivity index (χ0) is 19.9. The second-order valence-corrected chi connectivity index (χ2v) is 7.32. The normalized spacial score (nSPS) is 14.7. The van der Waals surface area contributed by atoms with Crippen LogP contribution in [0.4, 0.5) is 0 Å². The Kier molecular flexibility index (Phi) is 6.15. The van der Waals surface area contributed by atoms with Crippen molar-refractivity contribution in [3.8, 4) is 5.88 Å². The maximum absolute atomic E-state index is 13.1. The molecular formula is C24H25N3O2. The Hall–Kier alpha value is -3.21. The molecule has 0 bridgehead atoms. The van der Waals surface area contributed by atoms with Crippen LogP contribution in [0.5, 0.6) is 5.88 Å². The van der Waals surface area contributed by atoms with Crippen LogP contribution >= 0.6 is 0 Å². The molecule has 5 heteroatoms. The molecule has 2 heterocycles. The maximum Gasteiger partial charge on any atom is 0.232 e. The highest BCUT2D eigenvalue weighted by molar-refractivity contribution is 5.78. The van der Waals surface area contributed by atoms with Crippen molar-refractivity contribution in [3.05, 3.63) is 90.4 Å². The van der Waals surface area contributed by atoms with Gasteiger partial charge in [-0.2, -0.15) is 0 Å². The van der Waals surface area contributed by atoms with Crippen LogP contribution in [0.25, 0.3) is 0 Å². The van der Waals surface area contributed by atoms with Gasteiger partial charge >= 0.3 is 0 Å². The molecule has 1 aliphatic rings. The predicted molar refractivity (Wildman–Crippen MR) is 112 cm³/mol. The van der Waals surface area contributed by atoms with Gasteiger partial charge in [-0.15, -0.1) is 0 Å². The standard InChI is InChI=1S/C24H25N3O2/c28-24(27-15-11-21(12-16-27)29-23-18-25-13-14-26-23)17-22(19-7-3-1-4-8-19)20-9-5-2-6-10-20/h1-10,13-14,18,21-22H,11-12,15-17H2. The Morgan fingerprint density at radius 1 is 0.966 bits per heavy atom. The molecule has 4 rings (SSSR count). The summed E-state index contributed by atoms with van der Waals surface area (Å²) in [5, 5.41) is 0. The van der Waals surface area contributed by atoms with E-state index in [9.17, 15) is 4.79 Å². The van der Waals surface area contributed by atoms with Crippen molar-refractivity contribution in [2.45, 2.75) is 31.3 Å². The topological polar surface area (TPSA) is 55.3 Å². The monoisotopic (exact) mass is 387 g/mol. The quantitative estimate of drug-likeness (QED) is 0.640. The number of aromatic nitrogens is 2. The number of amides is 1. The second-order valence-electron chi connectivity index (χ2n) is 7.32. The van der Waals surface area contributed by atoms with Crippen molar-refractivity contribution in [3.63, 3.8) is 0 Å². The molecule has 0 saturated carbocycles. The largest absolute Gasteiger partial charge is 0.473 e. The minimum absolute atomic E-state index is 0.0680. The fourth-order valence-corrected chi connectivity index (χ4v) is 3.84. The van der Waals surface area contributed by atoms with E-state index in [1.165, 1.54) is 11.1 Å². The molecule has 0 unspecified atom stereocenters. The Balaban J connectivity index is 1.39. The molecule has 1 saturated heterocycles. The molecule has 3 aromatic rings. The molecule has 0 aliphatic carbocycles. The minimum atomic E-state index is 0.0680. The van der Waals surface area contributed by atoms with E-state index < -0.39 is 0 Å². The van der Waals surface area contributed by atoms with Gasteiger partial charge in [-0.3, -0.25) is 9.78 Å². The molecule has 1 aliphatic heterocycles. The number of ether oxygens (including phenoxy) is 1. The van der Waals surface area contributed by atoms with Gasteiger partial charge in [0.25, 0.3) is 0 Å². The number of likely N-dealkylation sites (tertiary alicyclic amines) is 1. The first kappa shape index (κ1) is 19.1. The number of piperidine rings is 1. The molecule has 2 aromatic carbocycles. The summed E-state index contributed by atoms with van der Waals surface area (Å²) in [5.74, 6) is 0.810. The molecule has 5 nitrogen and oxygen atoms in total. The van der Waals surface area contributed by atoms with E-state index in [1.807, 2.05) is 41.3 Å². The number of benzene rings is 2. The molecule has 29 heavy (non-hydrogen) atoms. The van der Waals surface area contributed by atoms with E-state index in [0.717, 1.165) is 12.8 Å².